The fraction of sp³-hybridized carbons (Fsp3) is 0.111. The zero-order valence-electron chi connectivity index (χ0n) is 12.9. The molecule has 1 N–H and O–H groups in total. The Kier molecular flexibility index (Phi) is 5.27. The molecule has 0 saturated carbocycles. The third kappa shape index (κ3) is 4.21. The van der Waals surface area contributed by atoms with Gasteiger partial charge in [0.05, 0.1) is 0 Å². The summed E-state index contributed by atoms with van der Waals surface area (Å²) in [7, 11) is 0. The molecular weight excluding hydrogens is 343 g/mol. The van der Waals surface area contributed by atoms with Gasteiger partial charge in [-0.25, -0.2) is 9.37 Å². The highest BCUT2D eigenvalue weighted by Crippen LogP contribution is 2.37. The molecule has 3 rings (SSSR count). The molecule has 24 heavy (non-hydrogen) atoms. The Morgan fingerprint density at radius 3 is 2.50 bits per heavy atom. The maximum absolute atomic E-state index is 13.0. The average Bonchev–Trinajstić information content (AvgIpc) is 3.00. The molecule has 0 radical (unpaired) electrons. The van der Waals surface area contributed by atoms with Crippen LogP contribution in [0.4, 0.5) is 10.1 Å². The Labute approximate surface area is 148 Å². The second-order valence-electron chi connectivity index (χ2n) is 5.16. The maximum atomic E-state index is 13.0. The van der Waals surface area contributed by atoms with Gasteiger partial charge in [0.15, 0.2) is 4.34 Å². The summed E-state index contributed by atoms with van der Waals surface area (Å²) in [5, 5.41) is 4.38. The first kappa shape index (κ1) is 16.7. The quantitative estimate of drug-likeness (QED) is 0.648. The number of halogens is 1. The summed E-state index contributed by atoms with van der Waals surface area (Å²) in [4.78, 5) is 17.2. The number of nitrogens with one attached hydrogen (secondary N) is 1. The van der Waals surface area contributed by atoms with Crippen LogP contribution < -0.4 is 5.32 Å². The number of aryl methyl sites for hydroxylation is 1. The summed E-state index contributed by atoms with van der Waals surface area (Å²) in [5.41, 5.74) is 2.40. The molecule has 3 aromatic rings. The number of nitrogens with zero attached hydrogens (tertiary/aromatic N) is 1. The Morgan fingerprint density at radius 2 is 1.88 bits per heavy atom. The van der Waals surface area contributed by atoms with Crippen molar-refractivity contribution in [1.29, 1.82) is 0 Å². The number of rotatable bonds is 5. The molecule has 0 aliphatic heterocycles. The molecule has 122 valence electrons. The fourth-order valence-electron chi connectivity index (χ4n) is 2.13. The second-order valence-corrected chi connectivity index (χ2v) is 7.37. The number of hydrogen-bond acceptors (Lipinski definition) is 4. The number of aromatic nitrogens is 1. The SMILES string of the molecule is Cc1csc(S[C@@H](C(=O)Nc2ccc(F)cc2)c2ccccc2)n1. The standard InChI is InChI=1S/C18H15FN2OS2/c1-12-11-23-18(20-12)24-16(13-5-3-2-4-6-13)17(22)21-15-9-7-14(19)8-10-15/h2-11,16H,1H3,(H,21,22)/t16-/m1/s1. The van der Waals surface area contributed by atoms with Gasteiger partial charge >= 0.3 is 0 Å². The molecule has 0 unspecified atom stereocenters. The van der Waals surface area contributed by atoms with Crippen LogP contribution in [-0.2, 0) is 4.79 Å². The lowest BCUT2D eigenvalue weighted by Crippen LogP contribution is -2.19. The van der Waals surface area contributed by atoms with Gasteiger partial charge in [-0.3, -0.25) is 4.79 Å². The van der Waals surface area contributed by atoms with E-state index in [-0.39, 0.29) is 11.7 Å². The molecule has 0 fully saturated rings. The molecule has 1 atom stereocenters. The van der Waals surface area contributed by atoms with E-state index in [1.807, 2.05) is 42.6 Å². The van der Waals surface area contributed by atoms with E-state index in [1.165, 1.54) is 35.2 Å². The smallest absolute Gasteiger partial charge is 0.242 e. The van der Waals surface area contributed by atoms with Crippen LogP contribution >= 0.6 is 23.1 Å². The van der Waals surface area contributed by atoms with Crippen molar-refractivity contribution >= 4 is 34.7 Å². The summed E-state index contributed by atoms with van der Waals surface area (Å²) < 4.78 is 13.9. The summed E-state index contributed by atoms with van der Waals surface area (Å²) >= 11 is 2.93. The topological polar surface area (TPSA) is 42.0 Å². The van der Waals surface area contributed by atoms with E-state index in [0.717, 1.165) is 15.6 Å². The molecule has 0 aliphatic rings. The minimum absolute atomic E-state index is 0.161. The normalized spacial score (nSPS) is 11.9. The fourth-order valence-corrected chi connectivity index (χ4v) is 4.16. The molecule has 0 bridgehead atoms. The lowest BCUT2D eigenvalue weighted by molar-refractivity contribution is -0.115. The van der Waals surface area contributed by atoms with Crippen molar-refractivity contribution in [3.8, 4) is 0 Å². The summed E-state index contributed by atoms with van der Waals surface area (Å²) in [6.45, 7) is 1.93. The Hall–Kier alpha value is -2.18. The summed E-state index contributed by atoms with van der Waals surface area (Å²) in [5.74, 6) is -0.495. The van der Waals surface area contributed by atoms with Crippen LogP contribution in [-0.4, -0.2) is 10.9 Å². The monoisotopic (exact) mass is 358 g/mol. The van der Waals surface area contributed by atoms with Gasteiger partial charge in [-0.15, -0.1) is 11.3 Å². The predicted molar refractivity (Wildman–Crippen MR) is 96.9 cm³/mol. The second kappa shape index (κ2) is 7.59. The number of thiazole rings is 1. The average molecular weight is 358 g/mol. The van der Waals surface area contributed by atoms with E-state index in [9.17, 15) is 9.18 Å². The van der Waals surface area contributed by atoms with Crippen molar-refractivity contribution in [2.24, 2.45) is 0 Å². The number of carbonyl (C=O) groups excluding carboxylic acids is 1. The molecule has 0 saturated heterocycles. The summed E-state index contributed by atoms with van der Waals surface area (Å²) in [6.07, 6.45) is 0. The van der Waals surface area contributed by atoms with E-state index in [4.69, 9.17) is 0 Å². The van der Waals surface area contributed by atoms with Crippen LogP contribution in [0.1, 0.15) is 16.5 Å². The number of thioether (sulfide) groups is 1. The van der Waals surface area contributed by atoms with Crippen LogP contribution in [0.15, 0.2) is 64.3 Å². The number of anilines is 1. The third-order valence-corrected chi connectivity index (χ3v) is 5.61. The molecule has 0 spiro atoms. The van der Waals surface area contributed by atoms with Crippen molar-refractivity contribution in [1.82, 2.24) is 4.98 Å². The first-order chi connectivity index (χ1) is 11.6. The van der Waals surface area contributed by atoms with E-state index in [0.29, 0.717) is 5.69 Å². The Bertz CT molecular complexity index is 819. The van der Waals surface area contributed by atoms with Crippen LogP contribution in [0.25, 0.3) is 0 Å². The number of carbonyl (C=O) groups is 1. The molecule has 0 aliphatic carbocycles. The van der Waals surface area contributed by atoms with Gasteiger partial charge in [0.2, 0.25) is 5.91 Å². The van der Waals surface area contributed by atoms with Crippen molar-refractivity contribution in [2.45, 2.75) is 16.5 Å². The van der Waals surface area contributed by atoms with Crippen LogP contribution in [0.5, 0.6) is 0 Å². The first-order valence-corrected chi connectivity index (χ1v) is 9.08. The van der Waals surface area contributed by atoms with Crippen molar-refractivity contribution < 1.29 is 9.18 Å². The largest absolute Gasteiger partial charge is 0.325 e. The van der Waals surface area contributed by atoms with Gasteiger partial charge < -0.3 is 5.32 Å². The third-order valence-electron chi connectivity index (χ3n) is 3.27. The zero-order chi connectivity index (χ0) is 16.9. The van der Waals surface area contributed by atoms with Crippen LogP contribution in [0.2, 0.25) is 0 Å². The molecule has 1 heterocycles. The first-order valence-electron chi connectivity index (χ1n) is 7.32. The van der Waals surface area contributed by atoms with Crippen molar-refractivity contribution in [2.75, 3.05) is 5.32 Å². The van der Waals surface area contributed by atoms with Crippen molar-refractivity contribution in [3.63, 3.8) is 0 Å². The lowest BCUT2D eigenvalue weighted by Gasteiger charge is -2.15. The van der Waals surface area contributed by atoms with Gasteiger partial charge in [-0.1, -0.05) is 42.1 Å². The van der Waals surface area contributed by atoms with Gasteiger partial charge in [-0.2, -0.15) is 0 Å². The minimum Gasteiger partial charge on any atom is -0.325 e. The van der Waals surface area contributed by atoms with Gasteiger partial charge in [0.25, 0.3) is 0 Å². The molecule has 3 nitrogen and oxygen atoms in total. The maximum Gasteiger partial charge on any atom is 0.242 e. The Balaban J connectivity index is 1.83. The van der Waals surface area contributed by atoms with E-state index in [1.54, 1.807) is 12.1 Å². The highest BCUT2D eigenvalue weighted by Gasteiger charge is 2.23. The number of amides is 1. The van der Waals surface area contributed by atoms with Crippen molar-refractivity contribution in [3.05, 3.63) is 77.1 Å². The van der Waals surface area contributed by atoms with Crippen LogP contribution in [0.3, 0.4) is 0 Å². The van der Waals surface area contributed by atoms with E-state index >= 15 is 0 Å². The molecule has 1 aromatic heterocycles. The van der Waals surface area contributed by atoms with E-state index < -0.39 is 5.25 Å². The highest BCUT2D eigenvalue weighted by atomic mass is 32.2. The van der Waals surface area contributed by atoms with Crippen LogP contribution in [0, 0.1) is 12.7 Å². The van der Waals surface area contributed by atoms with Gasteiger partial charge in [0, 0.05) is 16.8 Å². The number of benzene rings is 2. The van der Waals surface area contributed by atoms with E-state index in [2.05, 4.69) is 10.3 Å². The zero-order valence-corrected chi connectivity index (χ0v) is 14.5. The lowest BCUT2D eigenvalue weighted by atomic mass is 10.1. The molecule has 1 amide bonds. The molecule has 2 aromatic carbocycles. The number of hydrogen-bond donors (Lipinski definition) is 1. The van der Waals surface area contributed by atoms with Gasteiger partial charge in [-0.05, 0) is 36.8 Å². The van der Waals surface area contributed by atoms with Gasteiger partial charge in [0.1, 0.15) is 11.1 Å². The predicted octanol–water partition coefficient (Wildman–Crippen LogP) is 5.06. The Morgan fingerprint density at radius 1 is 1.17 bits per heavy atom. The highest BCUT2D eigenvalue weighted by molar-refractivity contribution is 8.01. The molecule has 6 heteroatoms. The molecular formula is C18H15FN2OS2. The minimum atomic E-state index is -0.429. The summed E-state index contributed by atoms with van der Waals surface area (Å²) in [6, 6.07) is 15.3.